The van der Waals surface area contributed by atoms with Gasteiger partial charge in [-0.1, -0.05) is 32.8 Å². The number of hydrogen-bond donors (Lipinski definition) is 3. The number of ether oxygens (including phenoxy) is 5. The Hall–Kier alpha value is -5.20. The van der Waals surface area contributed by atoms with Crippen molar-refractivity contribution in [2.24, 2.45) is 11.1 Å². The van der Waals surface area contributed by atoms with Crippen molar-refractivity contribution < 1.29 is 47.7 Å². The average molecular weight is 682 g/mol. The summed E-state index contributed by atoms with van der Waals surface area (Å²) in [5, 5.41) is 5.19. The van der Waals surface area contributed by atoms with Crippen molar-refractivity contribution in [3.05, 3.63) is 48.2 Å². The molecule has 1 fully saturated rings. The molecule has 49 heavy (non-hydrogen) atoms. The number of carbonyl (C=O) groups excluding carboxylic acids is 5. The van der Waals surface area contributed by atoms with Crippen molar-refractivity contribution in [1.82, 2.24) is 20.5 Å². The van der Waals surface area contributed by atoms with Crippen LogP contribution in [0.1, 0.15) is 44.0 Å². The number of carbonyl (C=O) groups is 5. The molecule has 0 aliphatic carbocycles. The van der Waals surface area contributed by atoms with Crippen LogP contribution in [-0.4, -0.2) is 104 Å². The van der Waals surface area contributed by atoms with Crippen LogP contribution in [-0.2, 0) is 33.4 Å². The number of benzene rings is 1. The first-order valence-corrected chi connectivity index (χ1v) is 15.5. The van der Waals surface area contributed by atoms with Crippen LogP contribution in [0.25, 0.3) is 0 Å². The molecule has 3 rings (SSSR count). The van der Waals surface area contributed by atoms with Crippen LogP contribution in [0.4, 0.5) is 0 Å². The summed E-state index contributed by atoms with van der Waals surface area (Å²) in [6.45, 7) is 6.05. The molecule has 15 nitrogen and oxygen atoms in total. The van der Waals surface area contributed by atoms with E-state index >= 15 is 0 Å². The zero-order valence-corrected chi connectivity index (χ0v) is 28.1. The highest BCUT2D eigenvalue weighted by atomic mass is 16.5. The maximum absolute atomic E-state index is 12.8. The average Bonchev–Trinajstić information content (AvgIpc) is 3.04. The number of nitrogens with zero attached hydrogens (tertiary/aromatic N) is 2. The highest BCUT2D eigenvalue weighted by Crippen LogP contribution is 2.25. The molecule has 0 saturated carbocycles. The third-order valence-corrected chi connectivity index (χ3v) is 7.16. The van der Waals surface area contributed by atoms with Crippen LogP contribution in [0.5, 0.6) is 17.4 Å². The molecule has 1 aliphatic rings. The van der Waals surface area contributed by atoms with Gasteiger partial charge in [0.2, 0.25) is 17.7 Å². The molecule has 0 bridgehead atoms. The van der Waals surface area contributed by atoms with Gasteiger partial charge in [-0.25, -0.2) is 9.78 Å². The van der Waals surface area contributed by atoms with E-state index in [1.807, 2.05) is 20.8 Å². The summed E-state index contributed by atoms with van der Waals surface area (Å²) in [6, 6.07) is 7.52. The van der Waals surface area contributed by atoms with Crippen molar-refractivity contribution in [3.63, 3.8) is 0 Å². The fourth-order valence-corrected chi connectivity index (χ4v) is 4.38. The molecule has 2 heterocycles. The van der Waals surface area contributed by atoms with E-state index in [9.17, 15) is 24.0 Å². The molecule has 1 aromatic carbocycles. The van der Waals surface area contributed by atoms with Gasteiger partial charge in [-0.2, -0.15) is 0 Å². The van der Waals surface area contributed by atoms with Gasteiger partial charge in [-0.15, -0.1) is 6.42 Å². The Morgan fingerprint density at radius 3 is 2.43 bits per heavy atom. The van der Waals surface area contributed by atoms with Crippen molar-refractivity contribution in [2.45, 2.75) is 51.8 Å². The van der Waals surface area contributed by atoms with Gasteiger partial charge < -0.3 is 45.0 Å². The number of amides is 4. The highest BCUT2D eigenvalue weighted by Gasteiger charge is 2.32. The van der Waals surface area contributed by atoms with E-state index in [0.29, 0.717) is 37.4 Å². The van der Waals surface area contributed by atoms with Gasteiger partial charge in [0.1, 0.15) is 36.8 Å². The molecular weight excluding hydrogens is 638 g/mol. The van der Waals surface area contributed by atoms with Crippen molar-refractivity contribution in [2.75, 3.05) is 46.6 Å². The number of pyridine rings is 1. The van der Waals surface area contributed by atoms with E-state index in [1.165, 1.54) is 36.4 Å². The number of nitrogens with one attached hydrogen (secondary N) is 2. The van der Waals surface area contributed by atoms with E-state index in [4.69, 9.17) is 35.8 Å². The van der Waals surface area contributed by atoms with Crippen molar-refractivity contribution in [1.29, 1.82) is 0 Å². The minimum atomic E-state index is -1.11. The summed E-state index contributed by atoms with van der Waals surface area (Å²) >= 11 is 0. The van der Waals surface area contributed by atoms with Gasteiger partial charge in [0.25, 0.3) is 11.8 Å². The molecule has 1 saturated heterocycles. The molecule has 1 aliphatic heterocycles. The molecular formula is C34H43N5O10. The second-order valence-corrected chi connectivity index (χ2v) is 12.4. The first-order chi connectivity index (χ1) is 23.3. The molecule has 2 aromatic rings. The molecule has 4 amide bonds. The Morgan fingerprint density at radius 1 is 1.06 bits per heavy atom. The molecule has 1 unspecified atom stereocenters. The predicted octanol–water partition coefficient (Wildman–Crippen LogP) is 1.20. The lowest BCUT2D eigenvalue weighted by atomic mass is 9.88. The van der Waals surface area contributed by atoms with Gasteiger partial charge in [0.15, 0.2) is 6.61 Å². The number of likely N-dealkylation sites (tertiary alicyclic amines) is 1. The van der Waals surface area contributed by atoms with Crippen molar-refractivity contribution >= 4 is 29.6 Å². The zero-order chi connectivity index (χ0) is 36.0. The number of nitrogens with two attached hydrogens (primary N) is 1. The summed E-state index contributed by atoms with van der Waals surface area (Å²) in [7, 11) is 1.27. The Labute approximate surface area is 285 Å². The van der Waals surface area contributed by atoms with Gasteiger partial charge in [0.05, 0.1) is 25.4 Å². The SMILES string of the molecule is C#CCOCC(=O)N1CC(OCC(NC(=O)COc2cccc(Oc3ccc(C(=O)N[C@@H](CCC(C)(C)C)C(=O)OC)cn3)c2)C(N)=O)C1. The van der Waals surface area contributed by atoms with Crippen LogP contribution in [0.2, 0.25) is 0 Å². The number of esters is 1. The zero-order valence-electron chi connectivity index (χ0n) is 28.1. The maximum Gasteiger partial charge on any atom is 0.328 e. The van der Waals surface area contributed by atoms with E-state index in [0.717, 1.165) is 0 Å². The lowest BCUT2D eigenvalue weighted by molar-refractivity contribution is -0.151. The highest BCUT2D eigenvalue weighted by molar-refractivity contribution is 5.96. The fraction of sp³-hybridized carbons (Fsp3) is 0.471. The summed E-state index contributed by atoms with van der Waals surface area (Å²) in [6.07, 6.45) is 7.21. The molecule has 15 heteroatoms. The number of aromatic nitrogens is 1. The number of primary amides is 1. The number of hydrogen-bond acceptors (Lipinski definition) is 11. The third kappa shape index (κ3) is 13.1. The van der Waals surface area contributed by atoms with Gasteiger partial charge in [-0.3, -0.25) is 19.2 Å². The van der Waals surface area contributed by atoms with Gasteiger partial charge >= 0.3 is 5.97 Å². The molecule has 264 valence electrons. The molecule has 2 atom stereocenters. The molecule has 0 radical (unpaired) electrons. The van der Waals surface area contributed by atoms with Crippen LogP contribution in [0.15, 0.2) is 42.6 Å². The first-order valence-electron chi connectivity index (χ1n) is 15.5. The topological polar surface area (TPSA) is 198 Å². The lowest BCUT2D eigenvalue weighted by Crippen LogP contribution is -2.57. The van der Waals surface area contributed by atoms with Crippen LogP contribution in [0.3, 0.4) is 0 Å². The number of methoxy groups -OCH3 is 1. The quantitative estimate of drug-likeness (QED) is 0.116. The first kappa shape index (κ1) is 38.2. The summed E-state index contributed by atoms with van der Waals surface area (Å²) in [5.41, 5.74) is 5.63. The summed E-state index contributed by atoms with van der Waals surface area (Å²) in [5.74, 6) is 0.464. The van der Waals surface area contributed by atoms with Crippen LogP contribution in [0, 0.1) is 17.8 Å². The lowest BCUT2D eigenvalue weighted by Gasteiger charge is -2.39. The Bertz CT molecular complexity index is 1500. The Kier molecular flexibility index (Phi) is 14.3. The second kappa shape index (κ2) is 18.4. The Morgan fingerprint density at radius 2 is 1.80 bits per heavy atom. The fourth-order valence-electron chi connectivity index (χ4n) is 4.38. The number of rotatable bonds is 18. The standard InChI is InChI=1S/C34H43N5O10/c1-6-14-46-21-30(41)39-17-25(18-39)47-19-27(31(35)42)37-28(40)20-48-23-8-7-9-24(15-23)49-29-11-10-22(16-36-29)32(43)38-26(33(44)45-5)12-13-34(2,3)4/h1,7-11,15-16,25-27H,12-14,17-21H2,2-5H3,(H2,35,42)(H,37,40)(H,38,43)/t26-,27?/m0/s1. The van der Waals surface area contributed by atoms with E-state index in [1.54, 1.807) is 18.2 Å². The Balaban J connectivity index is 1.45. The van der Waals surface area contributed by atoms with Gasteiger partial charge in [-0.05, 0) is 36.5 Å². The largest absolute Gasteiger partial charge is 0.484 e. The van der Waals surface area contributed by atoms with Crippen LogP contribution >= 0.6 is 0 Å². The molecule has 0 spiro atoms. The normalized spacial score (nSPS) is 14.0. The minimum absolute atomic E-state index is 0.0279. The summed E-state index contributed by atoms with van der Waals surface area (Å²) in [4.78, 5) is 67.1. The van der Waals surface area contributed by atoms with Gasteiger partial charge in [0, 0.05) is 31.4 Å². The maximum atomic E-state index is 12.8. The van der Waals surface area contributed by atoms with E-state index in [2.05, 4.69) is 21.5 Å². The van der Waals surface area contributed by atoms with E-state index in [-0.39, 0.29) is 48.7 Å². The second-order valence-electron chi connectivity index (χ2n) is 12.4. The third-order valence-electron chi connectivity index (χ3n) is 7.16. The predicted molar refractivity (Wildman–Crippen MR) is 175 cm³/mol. The molecule has 1 aromatic heterocycles. The molecule has 4 N–H and O–H groups in total. The van der Waals surface area contributed by atoms with Crippen LogP contribution < -0.4 is 25.8 Å². The number of terminal acetylenes is 1. The monoisotopic (exact) mass is 681 g/mol. The minimum Gasteiger partial charge on any atom is -0.484 e. The van der Waals surface area contributed by atoms with E-state index < -0.39 is 42.4 Å². The smallest absolute Gasteiger partial charge is 0.328 e. The van der Waals surface area contributed by atoms with Crippen molar-refractivity contribution in [3.8, 4) is 29.7 Å². The summed E-state index contributed by atoms with van der Waals surface area (Å²) < 4.78 is 26.8.